The summed E-state index contributed by atoms with van der Waals surface area (Å²) in [5.41, 5.74) is 14.1. The summed E-state index contributed by atoms with van der Waals surface area (Å²) in [5, 5.41) is 0. The zero-order valence-corrected chi connectivity index (χ0v) is 10.3. The normalized spacial score (nSPS) is 14.2. The Bertz CT molecular complexity index is 134. The standard InChI is InChI=1S/C11H28N4/c1-11(2,13)7-5-10(4-3-8-12)6-9-15-14/h10,15H,3-9,12-14H2,1-2H3. The van der Waals surface area contributed by atoms with Crippen LogP contribution >= 0.6 is 0 Å². The third kappa shape index (κ3) is 10.1. The number of nitrogens with two attached hydrogens (primary N) is 3. The minimum Gasteiger partial charge on any atom is -0.330 e. The minimum absolute atomic E-state index is 0.0584. The largest absolute Gasteiger partial charge is 0.330 e. The van der Waals surface area contributed by atoms with Crippen LogP contribution in [0, 0.1) is 5.92 Å². The zero-order valence-electron chi connectivity index (χ0n) is 10.3. The van der Waals surface area contributed by atoms with Crippen molar-refractivity contribution >= 4 is 0 Å². The molecule has 0 spiro atoms. The molecule has 0 fully saturated rings. The fraction of sp³-hybridized carbons (Fsp3) is 1.00. The van der Waals surface area contributed by atoms with E-state index >= 15 is 0 Å². The monoisotopic (exact) mass is 216 g/mol. The molecule has 4 heteroatoms. The van der Waals surface area contributed by atoms with Gasteiger partial charge in [0, 0.05) is 12.1 Å². The number of hydrazine groups is 1. The van der Waals surface area contributed by atoms with Crippen molar-refractivity contribution < 1.29 is 0 Å². The molecular weight excluding hydrogens is 188 g/mol. The maximum absolute atomic E-state index is 5.98. The summed E-state index contributed by atoms with van der Waals surface area (Å²) in [7, 11) is 0. The van der Waals surface area contributed by atoms with Gasteiger partial charge in [0.1, 0.15) is 0 Å². The maximum atomic E-state index is 5.98. The average Bonchev–Trinajstić information content (AvgIpc) is 2.15. The van der Waals surface area contributed by atoms with E-state index in [0.29, 0.717) is 5.92 Å². The second-order valence-corrected chi connectivity index (χ2v) is 5.07. The van der Waals surface area contributed by atoms with Gasteiger partial charge in [0.05, 0.1) is 0 Å². The van der Waals surface area contributed by atoms with Crippen molar-refractivity contribution in [1.82, 2.24) is 5.43 Å². The first-order valence-corrected chi connectivity index (χ1v) is 5.92. The fourth-order valence-electron chi connectivity index (χ4n) is 1.70. The van der Waals surface area contributed by atoms with Crippen molar-refractivity contribution in [2.24, 2.45) is 23.2 Å². The molecule has 7 N–H and O–H groups in total. The third-order valence-electron chi connectivity index (χ3n) is 2.71. The molecule has 0 aromatic heterocycles. The first-order valence-electron chi connectivity index (χ1n) is 5.92. The topological polar surface area (TPSA) is 90.1 Å². The Morgan fingerprint density at radius 2 is 1.87 bits per heavy atom. The van der Waals surface area contributed by atoms with E-state index in [4.69, 9.17) is 17.3 Å². The molecule has 0 aliphatic carbocycles. The molecule has 0 saturated heterocycles. The van der Waals surface area contributed by atoms with E-state index in [1.807, 2.05) is 0 Å². The first kappa shape index (κ1) is 14.8. The van der Waals surface area contributed by atoms with Crippen molar-refractivity contribution in [1.29, 1.82) is 0 Å². The molecule has 0 amide bonds. The predicted molar refractivity (Wildman–Crippen MR) is 66.1 cm³/mol. The lowest BCUT2D eigenvalue weighted by Gasteiger charge is -2.23. The van der Waals surface area contributed by atoms with Gasteiger partial charge in [-0.3, -0.25) is 11.3 Å². The van der Waals surface area contributed by atoms with Crippen molar-refractivity contribution in [3.05, 3.63) is 0 Å². The van der Waals surface area contributed by atoms with E-state index in [1.54, 1.807) is 0 Å². The fourth-order valence-corrected chi connectivity index (χ4v) is 1.70. The summed E-state index contributed by atoms with van der Waals surface area (Å²) in [5.74, 6) is 5.99. The Morgan fingerprint density at radius 3 is 2.33 bits per heavy atom. The van der Waals surface area contributed by atoms with Crippen molar-refractivity contribution in [2.75, 3.05) is 13.1 Å². The number of rotatable bonds is 9. The predicted octanol–water partition coefficient (Wildman–Crippen LogP) is 0.712. The van der Waals surface area contributed by atoms with Crippen LogP contribution in [0.5, 0.6) is 0 Å². The van der Waals surface area contributed by atoms with Crippen LogP contribution in [0.3, 0.4) is 0 Å². The highest BCUT2D eigenvalue weighted by Crippen LogP contribution is 2.20. The highest BCUT2D eigenvalue weighted by molar-refractivity contribution is 4.74. The molecule has 4 nitrogen and oxygen atoms in total. The van der Waals surface area contributed by atoms with E-state index in [9.17, 15) is 0 Å². The SMILES string of the molecule is CC(C)(N)CCC(CCCN)CCNN. The zero-order chi connectivity index (χ0) is 11.7. The van der Waals surface area contributed by atoms with Gasteiger partial charge in [0.15, 0.2) is 0 Å². The maximum Gasteiger partial charge on any atom is 0.01000 e. The average molecular weight is 216 g/mol. The van der Waals surface area contributed by atoms with Crippen LogP contribution in [0.4, 0.5) is 0 Å². The van der Waals surface area contributed by atoms with E-state index in [0.717, 1.165) is 32.4 Å². The Balaban J connectivity index is 3.78. The van der Waals surface area contributed by atoms with Gasteiger partial charge >= 0.3 is 0 Å². The van der Waals surface area contributed by atoms with Gasteiger partial charge in [-0.1, -0.05) is 0 Å². The molecule has 15 heavy (non-hydrogen) atoms. The van der Waals surface area contributed by atoms with E-state index in [2.05, 4.69) is 19.3 Å². The van der Waals surface area contributed by atoms with Crippen LogP contribution in [0.15, 0.2) is 0 Å². The molecule has 1 unspecified atom stereocenters. The summed E-state index contributed by atoms with van der Waals surface area (Å²) < 4.78 is 0. The van der Waals surface area contributed by atoms with Crippen LogP contribution in [0.25, 0.3) is 0 Å². The summed E-state index contributed by atoms with van der Waals surface area (Å²) in [6, 6.07) is 0. The molecule has 0 bridgehead atoms. The molecule has 0 saturated carbocycles. The van der Waals surface area contributed by atoms with Crippen LogP contribution in [-0.2, 0) is 0 Å². The highest BCUT2D eigenvalue weighted by Gasteiger charge is 2.15. The van der Waals surface area contributed by atoms with Gasteiger partial charge in [0.25, 0.3) is 0 Å². The molecule has 0 heterocycles. The van der Waals surface area contributed by atoms with Gasteiger partial charge in [-0.05, 0) is 58.4 Å². The lowest BCUT2D eigenvalue weighted by molar-refractivity contribution is 0.344. The molecule has 0 radical (unpaired) electrons. The Kier molecular flexibility index (Phi) is 7.96. The van der Waals surface area contributed by atoms with Gasteiger partial charge in [0.2, 0.25) is 0 Å². The molecule has 0 aromatic carbocycles. The van der Waals surface area contributed by atoms with Crippen LogP contribution in [0.2, 0.25) is 0 Å². The highest BCUT2D eigenvalue weighted by atomic mass is 15.2. The third-order valence-corrected chi connectivity index (χ3v) is 2.71. The van der Waals surface area contributed by atoms with Gasteiger partial charge in [-0.2, -0.15) is 0 Å². The minimum atomic E-state index is -0.0584. The molecule has 0 rings (SSSR count). The first-order chi connectivity index (χ1) is 6.99. The second kappa shape index (κ2) is 8.05. The number of hydrogen-bond acceptors (Lipinski definition) is 4. The van der Waals surface area contributed by atoms with Crippen molar-refractivity contribution in [3.63, 3.8) is 0 Å². The number of nitrogens with one attached hydrogen (secondary N) is 1. The lowest BCUT2D eigenvalue weighted by atomic mass is 9.88. The van der Waals surface area contributed by atoms with Crippen LogP contribution in [-0.4, -0.2) is 18.6 Å². The summed E-state index contributed by atoms with van der Waals surface area (Å²) in [6.45, 7) is 5.81. The van der Waals surface area contributed by atoms with Crippen molar-refractivity contribution in [3.8, 4) is 0 Å². The Morgan fingerprint density at radius 1 is 1.20 bits per heavy atom. The van der Waals surface area contributed by atoms with E-state index in [1.165, 1.54) is 12.8 Å². The molecule has 0 aliphatic rings. The molecule has 92 valence electrons. The van der Waals surface area contributed by atoms with Gasteiger partial charge in [-0.25, -0.2) is 0 Å². The smallest absolute Gasteiger partial charge is 0.01000 e. The molecular formula is C11H28N4. The van der Waals surface area contributed by atoms with Gasteiger partial charge < -0.3 is 11.5 Å². The Hall–Kier alpha value is -0.160. The summed E-state index contributed by atoms with van der Waals surface area (Å²) in [6.07, 6.45) is 5.64. The van der Waals surface area contributed by atoms with Crippen LogP contribution < -0.4 is 22.7 Å². The Labute approximate surface area is 93.9 Å². The summed E-state index contributed by atoms with van der Waals surface area (Å²) >= 11 is 0. The number of hydrogen-bond donors (Lipinski definition) is 4. The van der Waals surface area contributed by atoms with Crippen LogP contribution in [0.1, 0.15) is 46.0 Å². The second-order valence-electron chi connectivity index (χ2n) is 5.07. The lowest BCUT2D eigenvalue weighted by Crippen LogP contribution is -2.33. The van der Waals surface area contributed by atoms with E-state index < -0.39 is 0 Å². The molecule has 0 aliphatic heterocycles. The summed E-state index contributed by atoms with van der Waals surface area (Å²) in [4.78, 5) is 0. The molecule has 1 atom stereocenters. The molecule has 0 aromatic rings. The quantitative estimate of drug-likeness (QED) is 0.337. The van der Waals surface area contributed by atoms with E-state index in [-0.39, 0.29) is 5.54 Å². The van der Waals surface area contributed by atoms with Crippen molar-refractivity contribution in [2.45, 2.75) is 51.5 Å². The van der Waals surface area contributed by atoms with Gasteiger partial charge in [-0.15, -0.1) is 0 Å².